The predicted molar refractivity (Wildman–Crippen MR) is 408 cm³/mol. The lowest BCUT2D eigenvalue weighted by Gasteiger charge is -2.29. The molecule has 0 heterocycles. The van der Waals surface area contributed by atoms with Crippen molar-refractivity contribution in [2.75, 3.05) is 40.9 Å². The van der Waals surface area contributed by atoms with Gasteiger partial charge in [-0.2, -0.15) is 0 Å². The Morgan fingerprint density at radius 1 is 0.387 bits per heavy atom. The number of hydrogen-bond donors (Lipinski definition) is 2. The number of quaternary nitrogens is 1. The molecule has 0 saturated heterocycles. The average Bonchev–Trinajstić information content (AvgIpc) is 2.75. The molecule has 0 aliphatic rings. The van der Waals surface area contributed by atoms with Gasteiger partial charge in [-0.3, -0.25) is 9.36 Å². The third-order valence-corrected chi connectivity index (χ3v) is 18.1. The number of aliphatic hydroxyl groups is 1. The fourth-order valence-electron chi connectivity index (χ4n) is 11.1. The van der Waals surface area contributed by atoms with Gasteiger partial charge >= 0.3 is 0 Å². The van der Waals surface area contributed by atoms with Gasteiger partial charge in [0.2, 0.25) is 5.91 Å². The standard InChI is InChI=1S/C84H149N2O6P/c1-6-8-10-12-14-16-18-20-22-24-26-28-30-32-34-36-38-39-40-41-42-43-44-45-46-47-48-50-52-54-56-58-60-62-64-66-68-70-72-74-76-78-84(88)85-82(81-92-93(89,90)91-80-79-86(3,4)5)83(87)77-75-73-71-69-67-65-63-61-59-57-55-53-51-49-37-35-33-31-29-27-25-23-21-19-17-15-13-11-9-7-2/h8,10,14,16,20,22,26,28,32,34,38-39,41-42,44-45,47-48,67,69,75,77,82-83,87H,6-7,9,11-13,15,17-19,21,23-25,27,29-31,33,35-37,40,43,46,49-66,68,70-74,76,78-81H2,1-5H3,(H-,85,88,89,90)/b10-8-,16-14-,22-20-,28-26-,34-32-,39-38-,42-41-,45-44-,48-47-,69-67+,77-75+. The highest BCUT2D eigenvalue weighted by Gasteiger charge is 2.23. The zero-order chi connectivity index (χ0) is 67.6. The molecule has 1 amide bonds. The summed E-state index contributed by atoms with van der Waals surface area (Å²) >= 11 is 0. The number of unbranched alkanes of at least 4 members (excludes halogenated alkanes) is 38. The molecule has 9 heteroatoms. The van der Waals surface area contributed by atoms with Crippen LogP contribution in [0.15, 0.2) is 134 Å². The van der Waals surface area contributed by atoms with E-state index in [1.807, 2.05) is 27.2 Å². The topological polar surface area (TPSA) is 108 Å². The lowest BCUT2D eigenvalue weighted by Crippen LogP contribution is -2.45. The fourth-order valence-corrected chi connectivity index (χ4v) is 11.8. The highest BCUT2D eigenvalue weighted by Crippen LogP contribution is 2.38. The molecular weight excluding hydrogens is 1160 g/mol. The first kappa shape index (κ1) is 89.6. The normalized spacial score (nSPS) is 14.3. The summed E-state index contributed by atoms with van der Waals surface area (Å²) in [5, 5.41) is 14.0. The summed E-state index contributed by atoms with van der Waals surface area (Å²) in [6, 6.07) is -0.914. The van der Waals surface area contributed by atoms with Gasteiger partial charge in [-0.05, 0) is 103 Å². The van der Waals surface area contributed by atoms with E-state index in [-0.39, 0.29) is 12.5 Å². The Bertz CT molecular complexity index is 1990. The Labute approximate surface area is 576 Å². The van der Waals surface area contributed by atoms with Crippen molar-refractivity contribution in [3.63, 3.8) is 0 Å². The second kappa shape index (κ2) is 72.9. The first-order valence-electron chi connectivity index (χ1n) is 39.0. The van der Waals surface area contributed by atoms with Crippen LogP contribution in [0.5, 0.6) is 0 Å². The number of carbonyl (C=O) groups is 1. The molecule has 0 aliphatic heterocycles. The first-order valence-corrected chi connectivity index (χ1v) is 40.5. The minimum absolute atomic E-state index is 0.0110. The number of rotatable bonds is 71. The van der Waals surface area contributed by atoms with Crippen molar-refractivity contribution in [2.45, 2.75) is 353 Å². The summed E-state index contributed by atoms with van der Waals surface area (Å²) in [5.74, 6) is -0.209. The van der Waals surface area contributed by atoms with Crippen LogP contribution in [0.25, 0.3) is 0 Å². The van der Waals surface area contributed by atoms with Crippen LogP contribution in [-0.4, -0.2) is 68.5 Å². The Kier molecular flexibility index (Phi) is 70.3. The molecule has 536 valence electrons. The molecule has 0 radical (unpaired) electrons. The Morgan fingerprint density at radius 2 is 0.667 bits per heavy atom. The molecular formula is C84H149N2O6P. The quantitative estimate of drug-likeness (QED) is 0.0272. The number of hydrogen-bond acceptors (Lipinski definition) is 6. The lowest BCUT2D eigenvalue weighted by atomic mass is 10.0. The van der Waals surface area contributed by atoms with Crippen LogP contribution >= 0.6 is 7.82 Å². The number of phosphoric acid groups is 1. The van der Waals surface area contributed by atoms with Gasteiger partial charge in [-0.15, -0.1) is 0 Å². The molecule has 0 aliphatic carbocycles. The zero-order valence-electron chi connectivity index (χ0n) is 61.4. The van der Waals surface area contributed by atoms with Crippen molar-refractivity contribution >= 4 is 13.7 Å². The van der Waals surface area contributed by atoms with Gasteiger partial charge in [0.05, 0.1) is 39.9 Å². The SMILES string of the molecule is CC/C=C\C/C=C\C/C=C\C/C=C\C/C=C\C/C=C\C/C=C\C/C=C\C/C=C\CCCCCCCCCCCCCCCC(=O)NC(COP(=O)([O-])OCC[N+](C)(C)C)C(O)/C=C/CC/C=C/CCCCCCCCCCCCCCCCCCCCCCCCCC. The van der Waals surface area contributed by atoms with Crippen LogP contribution in [0.2, 0.25) is 0 Å². The van der Waals surface area contributed by atoms with E-state index < -0.39 is 26.6 Å². The van der Waals surface area contributed by atoms with Crippen molar-refractivity contribution in [2.24, 2.45) is 0 Å². The van der Waals surface area contributed by atoms with Crippen LogP contribution in [-0.2, 0) is 18.4 Å². The predicted octanol–water partition coefficient (Wildman–Crippen LogP) is 25.1. The van der Waals surface area contributed by atoms with Crippen LogP contribution in [0.4, 0.5) is 0 Å². The number of nitrogens with zero attached hydrogens (tertiary/aromatic N) is 1. The molecule has 0 aromatic rings. The molecule has 2 N–H and O–H groups in total. The maximum absolute atomic E-state index is 13.1. The molecule has 8 nitrogen and oxygen atoms in total. The van der Waals surface area contributed by atoms with Gasteiger partial charge in [0, 0.05) is 6.42 Å². The molecule has 0 saturated carbocycles. The van der Waals surface area contributed by atoms with E-state index in [0.717, 1.165) is 96.3 Å². The number of carbonyl (C=O) groups excluding carboxylic acids is 1. The number of amides is 1. The van der Waals surface area contributed by atoms with E-state index in [9.17, 15) is 19.4 Å². The van der Waals surface area contributed by atoms with Gasteiger partial charge < -0.3 is 28.8 Å². The Balaban J connectivity index is 4.07. The van der Waals surface area contributed by atoms with E-state index in [4.69, 9.17) is 9.05 Å². The van der Waals surface area contributed by atoms with Crippen LogP contribution < -0.4 is 10.2 Å². The van der Waals surface area contributed by atoms with Crippen LogP contribution in [0.1, 0.15) is 341 Å². The van der Waals surface area contributed by atoms with Crippen LogP contribution in [0.3, 0.4) is 0 Å². The zero-order valence-corrected chi connectivity index (χ0v) is 62.3. The summed E-state index contributed by atoms with van der Waals surface area (Å²) in [6.07, 6.45) is 110. The van der Waals surface area contributed by atoms with Gasteiger partial charge in [0.1, 0.15) is 13.2 Å². The Morgan fingerprint density at radius 3 is 1.00 bits per heavy atom. The second-order valence-electron chi connectivity index (χ2n) is 27.3. The number of phosphoric ester groups is 1. The summed E-state index contributed by atoms with van der Waals surface area (Å²) < 4.78 is 23.5. The second-order valence-corrected chi connectivity index (χ2v) is 28.7. The minimum Gasteiger partial charge on any atom is -0.756 e. The maximum atomic E-state index is 13.1. The van der Waals surface area contributed by atoms with Gasteiger partial charge in [0.15, 0.2) is 0 Å². The highest BCUT2D eigenvalue weighted by molar-refractivity contribution is 7.45. The molecule has 0 rings (SSSR count). The maximum Gasteiger partial charge on any atom is 0.268 e. The first-order chi connectivity index (χ1) is 45.5. The monoisotopic (exact) mass is 1310 g/mol. The molecule has 3 unspecified atom stereocenters. The molecule has 0 spiro atoms. The van der Waals surface area contributed by atoms with Crippen molar-refractivity contribution in [1.82, 2.24) is 5.32 Å². The summed E-state index contributed by atoms with van der Waals surface area (Å²) in [5.41, 5.74) is 0. The van der Waals surface area contributed by atoms with Crippen molar-refractivity contribution < 1.29 is 32.9 Å². The Hall–Kier alpha value is -3.36. The average molecular weight is 1310 g/mol. The van der Waals surface area contributed by atoms with E-state index in [0.29, 0.717) is 17.4 Å². The smallest absolute Gasteiger partial charge is 0.268 e. The summed E-state index contributed by atoms with van der Waals surface area (Å²) in [6.45, 7) is 4.54. The molecule has 93 heavy (non-hydrogen) atoms. The molecule has 0 fully saturated rings. The largest absolute Gasteiger partial charge is 0.756 e. The summed E-state index contributed by atoms with van der Waals surface area (Å²) in [4.78, 5) is 25.7. The van der Waals surface area contributed by atoms with Crippen molar-refractivity contribution in [1.29, 1.82) is 0 Å². The third kappa shape index (κ3) is 75.9. The lowest BCUT2D eigenvalue weighted by molar-refractivity contribution is -0.870. The summed E-state index contributed by atoms with van der Waals surface area (Å²) in [7, 11) is 1.24. The van der Waals surface area contributed by atoms with Gasteiger partial charge in [-0.25, -0.2) is 0 Å². The molecule has 0 aromatic carbocycles. The molecule has 0 bridgehead atoms. The van der Waals surface area contributed by atoms with E-state index >= 15 is 0 Å². The highest BCUT2D eigenvalue weighted by atomic mass is 31.2. The molecule has 3 atom stereocenters. The minimum atomic E-state index is -4.62. The number of nitrogens with one attached hydrogen (secondary N) is 1. The van der Waals surface area contributed by atoms with Crippen molar-refractivity contribution in [3.05, 3.63) is 134 Å². The van der Waals surface area contributed by atoms with Gasteiger partial charge in [-0.1, -0.05) is 366 Å². The number of likely N-dealkylation sites (N-methyl/N-ethyl adjacent to an activating group) is 1. The third-order valence-electron chi connectivity index (χ3n) is 17.1. The van der Waals surface area contributed by atoms with E-state index in [2.05, 4.69) is 141 Å². The number of allylic oxidation sites excluding steroid dienone is 21. The van der Waals surface area contributed by atoms with E-state index in [1.54, 1.807) is 6.08 Å². The fraction of sp³-hybridized carbons (Fsp3) is 0.726. The van der Waals surface area contributed by atoms with Gasteiger partial charge in [0.25, 0.3) is 7.82 Å². The van der Waals surface area contributed by atoms with E-state index in [1.165, 1.54) is 225 Å². The van der Waals surface area contributed by atoms with Crippen molar-refractivity contribution in [3.8, 4) is 0 Å². The number of aliphatic hydroxyl groups excluding tert-OH is 1. The van der Waals surface area contributed by atoms with Crippen LogP contribution in [0, 0.1) is 0 Å². The molecule has 0 aromatic heterocycles.